The number of rotatable bonds is 4. The van der Waals surface area contributed by atoms with Crippen molar-refractivity contribution in [3.05, 3.63) is 60.4 Å². The number of hydrogen-bond acceptors (Lipinski definition) is 2. The molecule has 0 spiro atoms. The molecule has 1 heterocycles. The molecule has 110 valence electrons. The number of imidazole rings is 1. The van der Waals surface area contributed by atoms with E-state index in [1.807, 2.05) is 54.6 Å². The highest BCUT2D eigenvalue weighted by molar-refractivity contribution is 5.91. The molecule has 4 rings (SSSR count). The summed E-state index contributed by atoms with van der Waals surface area (Å²) in [5.74, 6) is 1.54. The number of carbonyl (C=O) groups excluding carboxylic acids is 1. The van der Waals surface area contributed by atoms with Gasteiger partial charge in [0.2, 0.25) is 5.91 Å². The molecule has 0 atom stereocenters. The van der Waals surface area contributed by atoms with Crippen LogP contribution in [-0.4, -0.2) is 15.5 Å². The van der Waals surface area contributed by atoms with Crippen LogP contribution in [0, 0.1) is 0 Å². The van der Waals surface area contributed by atoms with Gasteiger partial charge in [0, 0.05) is 11.6 Å². The van der Waals surface area contributed by atoms with Gasteiger partial charge in [-0.1, -0.05) is 30.3 Å². The molecular weight excluding hydrogens is 274 g/mol. The van der Waals surface area contributed by atoms with Crippen LogP contribution >= 0.6 is 0 Å². The van der Waals surface area contributed by atoms with Crippen molar-refractivity contribution in [2.45, 2.75) is 25.3 Å². The monoisotopic (exact) mass is 291 g/mol. The third-order valence-electron chi connectivity index (χ3n) is 3.99. The van der Waals surface area contributed by atoms with Crippen LogP contribution in [0.1, 0.15) is 24.6 Å². The lowest BCUT2D eigenvalue weighted by Gasteiger charge is -2.09. The predicted molar refractivity (Wildman–Crippen MR) is 86.8 cm³/mol. The first-order valence-electron chi connectivity index (χ1n) is 7.61. The van der Waals surface area contributed by atoms with Gasteiger partial charge in [-0.05, 0) is 37.1 Å². The second-order valence-corrected chi connectivity index (χ2v) is 5.73. The molecule has 1 aliphatic rings. The maximum atomic E-state index is 12.4. The highest BCUT2D eigenvalue weighted by atomic mass is 16.1. The van der Waals surface area contributed by atoms with Gasteiger partial charge in [-0.15, -0.1) is 0 Å². The summed E-state index contributed by atoms with van der Waals surface area (Å²) in [5, 5.41) is 2.94. The number of para-hydroxylation sites is 3. The molecule has 1 fully saturated rings. The number of anilines is 1. The number of carbonyl (C=O) groups is 1. The number of hydrogen-bond donors (Lipinski definition) is 1. The summed E-state index contributed by atoms with van der Waals surface area (Å²) in [7, 11) is 0. The number of benzene rings is 2. The minimum absolute atomic E-state index is 0.0174. The van der Waals surface area contributed by atoms with Crippen molar-refractivity contribution in [2.75, 3.05) is 5.32 Å². The minimum atomic E-state index is -0.0174. The molecule has 0 bridgehead atoms. The Kier molecular flexibility index (Phi) is 3.15. The van der Waals surface area contributed by atoms with Gasteiger partial charge in [0.05, 0.1) is 11.0 Å². The first kappa shape index (κ1) is 13.1. The number of nitrogens with zero attached hydrogens (tertiary/aromatic N) is 2. The normalized spacial score (nSPS) is 14.2. The quantitative estimate of drug-likeness (QED) is 0.799. The molecule has 1 aliphatic carbocycles. The van der Waals surface area contributed by atoms with Crippen molar-refractivity contribution in [1.29, 1.82) is 0 Å². The molecule has 0 saturated heterocycles. The van der Waals surface area contributed by atoms with Crippen molar-refractivity contribution in [3.63, 3.8) is 0 Å². The second kappa shape index (κ2) is 5.30. The van der Waals surface area contributed by atoms with Crippen molar-refractivity contribution in [3.8, 4) is 0 Å². The lowest BCUT2D eigenvalue weighted by atomic mass is 10.3. The maximum absolute atomic E-state index is 12.4. The summed E-state index contributed by atoms with van der Waals surface area (Å²) in [6.07, 6.45) is 2.34. The molecule has 0 radical (unpaired) electrons. The Hall–Kier alpha value is -2.62. The molecule has 4 heteroatoms. The average Bonchev–Trinajstić information content (AvgIpc) is 3.32. The molecule has 0 aliphatic heterocycles. The molecule has 1 aromatic heterocycles. The molecule has 2 aromatic carbocycles. The molecule has 0 unspecified atom stereocenters. The van der Waals surface area contributed by atoms with E-state index in [-0.39, 0.29) is 5.91 Å². The van der Waals surface area contributed by atoms with Gasteiger partial charge in [0.15, 0.2) is 0 Å². The van der Waals surface area contributed by atoms with E-state index in [0.717, 1.165) is 22.5 Å². The summed E-state index contributed by atoms with van der Waals surface area (Å²) in [6, 6.07) is 17.6. The average molecular weight is 291 g/mol. The third kappa shape index (κ3) is 2.48. The van der Waals surface area contributed by atoms with Crippen LogP contribution < -0.4 is 5.32 Å². The number of fused-ring (bicyclic) bond motifs is 1. The highest BCUT2D eigenvalue weighted by Crippen LogP contribution is 2.40. The van der Waals surface area contributed by atoms with Gasteiger partial charge in [0.1, 0.15) is 12.4 Å². The van der Waals surface area contributed by atoms with Gasteiger partial charge >= 0.3 is 0 Å². The summed E-state index contributed by atoms with van der Waals surface area (Å²) in [6.45, 7) is 0.307. The topological polar surface area (TPSA) is 46.9 Å². The van der Waals surface area contributed by atoms with E-state index in [2.05, 4.69) is 9.88 Å². The molecule has 22 heavy (non-hydrogen) atoms. The zero-order chi connectivity index (χ0) is 14.9. The van der Waals surface area contributed by atoms with Crippen LogP contribution in [0.5, 0.6) is 0 Å². The minimum Gasteiger partial charge on any atom is -0.325 e. The molecule has 3 aromatic rings. The second-order valence-electron chi connectivity index (χ2n) is 5.73. The number of aromatic nitrogens is 2. The van der Waals surface area contributed by atoms with Crippen LogP contribution in [0.15, 0.2) is 54.6 Å². The van der Waals surface area contributed by atoms with E-state index in [4.69, 9.17) is 4.98 Å². The van der Waals surface area contributed by atoms with Gasteiger partial charge in [-0.2, -0.15) is 0 Å². The van der Waals surface area contributed by atoms with E-state index >= 15 is 0 Å². The zero-order valence-corrected chi connectivity index (χ0v) is 12.2. The SMILES string of the molecule is O=C(Cn1c(C2CC2)nc2ccccc21)Nc1ccccc1. The Morgan fingerprint density at radius 2 is 1.82 bits per heavy atom. The van der Waals surface area contributed by atoms with Crippen LogP contribution in [-0.2, 0) is 11.3 Å². The first-order valence-corrected chi connectivity index (χ1v) is 7.61. The van der Waals surface area contributed by atoms with Gasteiger partial charge in [-0.25, -0.2) is 4.98 Å². The van der Waals surface area contributed by atoms with E-state index in [0.29, 0.717) is 12.5 Å². The Morgan fingerprint density at radius 1 is 1.09 bits per heavy atom. The largest absolute Gasteiger partial charge is 0.325 e. The molecule has 1 N–H and O–H groups in total. The van der Waals surface area contributed by atoms with Crippen LogP contribution in [0.25, 0.3) is 11.0 Å². The summed E-state index contributed by atoms with van der Waals surface area (Å²) >= 11 is 0. The maximum Gasteiger partial charge on any atom is 0.244 e. The molecule has 4 nitrogen and oxygen atoms in total. The van der Waals surface area contributed by atoms with Crippen molar-refractivity contribution >= 4 is 22.6 Å². The number of amides is 1. The van der Waals surface area contributed by atoms with Gasteiger partial charge in [0.25, 0.3) is 0 Å². The summed E-state index contributed by atoms with van der Waals surface area (Å²) in [5.41, 5.74) is 2.83. The Bertz CT molecular complexity index is 819. The number of nitrogens with one attached hydrogen (secondary N) is 1. The summed E-state index contributed by atoms with van der Waals surface area (Å²) in [4.78, 5) is 17.1. The lowest BCUT2D eigenvalue weighted by Crippen LogP contribution is -2.20. The van der Waals surface area contributed by atoms with Crippen LogP contribution in [0.2, 0.25) is 0 Å². The molecule has 1 saturated carbocycles. The fraction of sp³-hybridized carbons (Fsp3) is 0.222. The van der Waals surface area contributed by atoms with Crippen molar-refractivity contribution in [2.24, 2.45) is 0 Å². The van der Waals surface area contributed by atoms with Gasteiger partial charge < -0.3 is 9.88 Å². The Morgan fingerprint density at radius 3 is 2.59 bits per heavy atom. The van der Waals surface area contributed by atoms with Crippen LogP contribution in [0.4, 0.5) is 5.69 Å². The van der Waals surface area contributed by atoms with E-state index in [9.17, 15) is 4.79 Å². The standard InChI is InChI=1S/C18H17N3O/c22-17(19-14-6-2-1-3-7-14)12-21-16-9-5-4-8-15(16)20-18(21)13-10-11-13/h1-9,13H,10-12H2,(H,19,22). The molecular formula is C18H17N3O. The highest BCUT2D eigenvalue weighted by Gasteiger charge is 2.30. The Labute approximate surface area is 128 Å². The fourth-order valence-corrected chi connectivity index (χ4v) is 2.78. The smallest absolute Gasteiger partial charge is 0.244 e. The summed E-state index contributed by atoms with van der Waals surface area (Å²) < 4.78 is 2.06. The van der Waals surface area contributed by atoms with Crippen LogP contribution in [0.3, 0.4) is 0 Å². The Balaban J connectivity index is 1.63. The predicted octanol–water partition coefficient (Wildman–Crippen LogP) is 3.55. The van der Waals surface area contributed by atoms with Gasteiger partial charge in [-0.3, -0.25) is 4.79 Å². The fourth-order valence-electron chi connectivity index (χ4n) is 2.78. The van der Waals surface area contributed by atoms with Crippen molar-refractivity contribution < 1.29 is 4.79 Å². The third-order valence-corrected chi connectivity index (χ3v) is 3.99. The lowest BCUT2D eigenvalue weighted by molar-refractivity contribution is -0.116. The molecule has 1 amide bonds. The first-order chi connectivity index (χ1) is 10.8. The van der Waals surface area contributed by atoms with Crippen molar-refractivity contribution in [1.82, 2.24) is 9.55 Å². The van der Waals surface area contributed by atoms with E-state index < -0.39 is 0 Å². The van der Waals surface area contributed by atoms with E-state index in [1.165, 1.54) is 12.8 Å². The zero-order valence-electron chi connectivity index (χ0n) is 12.2. The van der Waals surface area contributed by atoms with E-state index in [1.54, 1.807) is 0 Å².